The topological polar surface area (TPSA) is 166 Å². The van der Waals surface area contributed by atoms with E-state index in [-0.39, 0.29) is 17.4 Å². The second-order valence-electron chi connectivity index (χ2n) is 6.60. The van der Waals surface area contributed by atoms with Gasteiger partial charge in [0.15, 0.2) is 11.7 Å². The van der Waals surface area contributed by atoms with Crippen molar-refractivity contribution in [2.45, 2.75) is 0 Å². The summed E-state index contributed by atoms with van der Waals surface area (Å²) in [6.07, 6.45) is 0. The van der Waals surface area contributed by atoms with E-state index in [1.54, 1.807) is 42.5 Å². The van der Waals surface area contributed by atoms with E-state index in [1.807, 2.05) is 18.2 Å². The van der Waals surface area contributed by atoms with Crippen LogP contribution in [0.3, 0.4) is 0 Å². The van der Waals surface area contributed by atoms with E-state index in [1.165, 1.54) is 0 Å². The minimum atomic E-state index is -0.00628. The van der Waals surface area contributed by atoms with Crippen LogP contribution in [0.25, 0.3) is 33.5 Å². The molecule has 0 bridgehead atoms. The lowest BCUT2D eigenvalue weighted by molar-refractivity contribution is 0.318. The highest BCUT2D eigenvalue weighted by Gasteiger charge is 2.13. The van der Waals surface area contributed by atoms with Gasteiger partial charge in [-0.15, -0.1) is 0 Å². The highest BCUT2D eigenvalue weighted by molar-refractivity contribution is 6.00. The number of benzene rings is 3. The highest BCUT2D eigenvalue weighted by Crippen LogP contribution is 2.33. The summed E-state index contributed by atoms with van der Waals surface area (Å²) < 4.78 is 0. The summed E-state index contributed by atoms with van der Waals surface area (Å²) in [4.78, 5) is 7.69. The summed E-state index contributed by atoms with van der Waals surface area (Å²) in [5, 5.41) is 34.0. The van der Waals surface area contributed by atoms with Gasteiger partial charge in [-0.1, -0.05) is 40.6 Å². The van der Waals surface area contributed by atoms with Gasteiger partial charge in [0.05, 0.1) is 16.6 Å². The number of imidazole rings is 1. The van der Waals surface area contributed by atoms with Crippen LogP contribution in [0.1, 0.15) is 11.1 Å². The van der Waals surface area contributed by atoms with Crippen molar-refractivity contribution >= 4 is 22.7 Å². The largest absolute Gasteiger partial charge is 0.507 e. The summed E-state index contributed by atoms with van der Waals surface area (Å²) in [7, 11) is 0. The van der Waals surface area contributed by atoms with Gasteiger partial charge >= 0.3 is 0 Å². The zero-order valence-electron chi connectivity index (χ0n) is 15.6. The average molecular weight is 402 g/mol. The molecule has 1 heterocycles. The van der Waals surface area contributed by atoms with E-state index in [0.29, 0.717) is 33.5 Å². The van der Waals surface area contributed by atoms with Crippen LogP contribution in [0.2, 0.25) is 0 Å². The number of aromatic amines is 1. The van der Waals surface area contributed by atoms with Crippen LogP contribution in [0, 0.1) is 0 Å². The molecule has 1 aromatic heterocycles. The number of phenols is 1. The second-order valence-corrected chi connectivity index (χ2v) is 6.60. The van der Waals surface area contributed by atoms with Gasteiger partial charge in [-0.3, -0.25) is 0 Å². The van der Waals surface area contributed by atoms with E-state index in [2.05, 4.69) is 20.3 Å². The smallest absolute Gasteiger partial charge is 0.170 e. The van der Waals surface area contributed by atoms with E-state index in [9.17, 15) is 5.11 Å². The number of aromatic hydroxyl groups is 1. The van der Waals surface area contributed by atoms with Crippen molar-refractivity contribution in [3.8, 4) is 28.3 Å². The third-order valence-corrected chi connectivity index (χ3v) is 4.76. The first-order valence-electron chi connectivity index (χ1n) is 8.89. The molecule has 8 N–H and O–H groups in total. The number of nitrogens with zero attached hydrogens (tertiary/aromatic N) is 3. The van der Waals surface area contributed by atoms with Crippen molar-refractivity contribution < 1.29 is 15.5 Å². The third kappa shape index (κ3) is 3.35. The molecular weight excluding hydrogens is 384 g/mol. The standard InChI is InChI=1S/C21H18N6O3/c22-19(26-29)12-3-1-11(2-4-12)13-6-8-18(28)15(9-13)21-24-16-7-5-14(20(23)27-30)10-17(16)25-21/h1-10,28-30H,(H2,22,26)(H2,23,27)(H,24,25). The van der Waals surface area contributed by atoms with Crippen molar-refractivity contribution in [3.63, 3.8) is 0 Å². The van der Waals surface area contributed by atoms with Crippen LogP contribution in [-0.4, -0.2) is 37.2 Å². The molecule has 0 amide bonds. The average Bonchev–Trinajstić information content (AvgIpc) is 3.21. The normalized spacial score (nSPS) is 12.4. The van der Waals surface area contributed by atoms with Gasteiger partial charge in [0.2, 0.25) is 0 Å². The van der Waals surface area contributed by atoms with Gasteiger partial charge < -0.3 is 32.0 Å². The summed E-state index contributed by atoms with van der Waals surface area (Å²) in [6.45, 7) is 0. The van der Waals surface area contributed by atoms with Gasteiger partial charge in [0.25, 0.3) is 0 Å². The maximum atomic E-state index is 10.4. The molecular formula is C21H18N6O3. The number of fused-ring (bicyclic) bond motifs is 1. The maximum absolute atomic E-state index is 10.4. The van der Waals surface area contributed by atoms with Crippen LogP contribution in [0.4, 0.5) is 0 Å². The van der Waals surface area contributed by atoms with Crippen molar-refractivity contribution in [2.24, 2.45) is 21.8 Å². The Morgan fingerprint density at radius 3 is 2.13 bits per heavy atom. The Labute approximate surface area is 170 Å². The fraction of sp³-hybridized carbons (Fsp3) is 0. The molecule has 0 unspecified atom stereocenters. The molecule has 0 atom stereocenters. The number of nitrogens with one attached hydrogen (secondary N) is 1. The van der Waals surface area contributed by atoms with Gasteiger partial charge in [0.1, 0.15) is 11.6 Å². The molecule has 9 nitrogen and oxygen atoms in total. The second kappa shape index (κ2) is 7.47. The Bertz CT molecular complexity index is 1290. The van der Waals surface area contributed by atoms with Crippen LogP contribution < -0.4 is 11.5 Å². The van der Waals surface area contributed by atoms with Gasteiger partial charge in [0, 0.05) is 11.1 Å². The zero-order chi connectivity index (χ0) is 21.3. The molecule has 0 radical (unpaired) electrons. The minimum Gasteiger partial charge on any atom is -0.507 e. The maximum Gasteiger partial charge on any atom is 0.170 e. The third-order valence-electron chi connectivity index (χ3n) is 4.76. The number of nitrogens with two attached hydrogens (primary N) is 2. The summed E-state index contributed by atoms with van der Waals surface area (Å²) in [5.41, 5.74) is 16.0. The molecule has 0 fully saturated rings. The Morgan fingerprint density at radius 2 is 1.43 bits per heavy atom. The predicted molar refractivity (Wildman–Crippen MR) is 114 cm³/mol. The lowest BCUT2D eigenvalue weighted by atomic mass is 10.0. The lowest BCUT2D eigenvalue weighted by Crippen LogP contribution is -2.12. The van der Waals surface area contributed by atoms with E-state index < -0.39 is 0 Å². The number of hydrogen-bond acceptors (Lipinski definition) is 6. The molecule has 4 rings (SSSR count). The van der Waals surface area contributed by atoms with Gasteiger partial charge in [-0.05, 0) is 41.5 Å². The van der Waals surface area contributed by atoms with Crippen molar-refractivity contribution in [1.82, 2.24) is 9.97 Å². The molecule has 0 spiro atoms. The fourth-order valence-corrected chi connectivity index (χ4v) is 3.15. The number of rotatable bonds is 4. The van der Waals surface area contributed by atoms with E-state index in [0.717, 1.165) is 11.1 Å². The molecule has 9 heteroatoms. The van der Waals surface area contributed by atoms with Crippen LogP contribution in [0.5, 0.6) is 5.75 Å². The molecule has 0 saturated heterocycles. The fourth-order valence-electron chi connectivity index (χ4n) is 3.15. The lowest BCUT2D eigenvalue weighted by Gasteiger charge is -2.07. The predicted octanol–water partition coefficient (Wildman–Crippen LogP) is 2.79. The Hall–Kier alpha value is -4.53. The molecule has 150 valence electrons. The number of hydrogen-bond donors (Lipinski definition) is 6. The molecule has 0 saturated carbocycles. The molecule has 30 heavy (non-hydrogen) atoms. The molecule has 4 aromatic rings. The van der Waals surface area contributed by atoms with Crippen LogP contribution >= 0.6 is 0 Å². The monoisotopic (exact) mass is 402 g/mol. The molecule has 0 aliphatic carbocycles. The van der Waals surface area contributed by atoms with Crippen molar-refractivity contribution in [2.75, 3.05) is 0 Å². The van der Waals surface area contributed by atoms with Gasteiger partial charge in [-0.2, -0.15) is 0 Å². The first-order valence-corrected chi connectivity index (χ1v) is 8.89. The first-order chi connectivity index (χ1) is 14.5. The summed E-state index contributed by atoms with van der Waals surface area (Å²) in [6, 6.07) is 17.5. The first kappa shape index (κ1) is 18.8. The van der Waals surface area contributed by atoms with Crippen LogP contribution in [0.15, 0.2) is 71.0 Å². The molecule has 0 aliphatic rings. The summed E-state index contributed by atoms with van der Waals surface area (Å²) in [5.74, 6) is 0.576. The van der Waals surface area contributed by atoms with Crippen molar-refractivity contribution in [1.29, 1.82) is 0 Å². The quantitative estimate of drug-likeness (QED) is 0.133. The highest BCUT2D eigenvalue weighted by atomic mass is 16.4. The van der Waals surface area contributed by atoms with E-state index in [4.69, 9.17) is 21.9 Å². The molecule has 3 aromatic carbocycles. The zero-order valence-corrected chi connectivity index (χ0v) is 15.6. The minimum absolute atomic E-state index is 0.00628. The number of phenolic OH excluding ortho intramolecular Hbond substituents is 1. The summed E-state index contributed by atoms with van der Waals surface area (Å²) >= 11 is 0. The number of aromatic nitrogens is 2. The molecule has 0 aliphatic heterocycles. The van der Waals surface area contributed by atoms with E-state index >= 15 is 0 Å². The Kier molecular flexibility index (Phi) is 4.69. The number of amidine groups is 2. The number of oxime groups is 2. The van der Waals surface area contributed by atoms with Gasteiger partial charge in [-0.25, -0.2) is 4.98 Å². The Morgan fingerprint density at radius 1 is 0.800 bits per heavy atom. The SMILES string of the molecule is NC(=NO)c1ccc(-c2ccc(O)c(-c3nc4ccc(C(N)=NO)cc4[nH]3)c2)cc1. The van der Waals surface area contributed by atoms with Crippen molar-refractivity contribution in [3.05, 3.63) is 71.8 Å². The Balaban J connectivity index is 1.75. The van der Waals surface area contributed by atoms with Crippen LogP contribution in [-0.2, 0) is 0 Å². The number of H-pyrrole nitrogens is 1.